The summed E-state index contributed by atoms with van der Waals surface area (Å²) in [6.07, 6.45) is 7.54. The van der Waals surface area contributed by atoms with Crippen molar-refractivity contribution in [2.75, 3.05) is 54.9 Å². The first kappa shape index (κ1) is 89.5. The number of anilines is 2. The van der Waals surface area contributed by atoms with Gasteiger partial charge in [-0.05, 0) is 88.4 Å². The molecule has 0 spiro atoms. The molecule has 1 saturated heterocycles. The molecule has 8 atom stereocenters. The molecule has 6 unspecified atom stereocenters. The number of unbranched alkanes of at least 4 members (excludes halogenated alkanes) is 4. The van der Waals surface area contributed by atoms with Gasteiger partial charge in [-0.3, -0.25) is 47.0 Å². The zero-order valence-corrected chi connectivity index (χ0v) is 65.2. The molecule has 43 heteroatoms. The van der Waals surface area contributed by atoms with E-state index in [0.29, 0.717) is 62.0 Å². The van der Waals surface area contributed by atoms with Gasteiger partial charge in [-0.15, -0.1) is 0 Å². The number of nitrogen functional groups attached to an aromatic ring is 1. The minimum Gasteiger partial charge on any atom is -0.744 e. The molecule has 6 rings (SSSR count). The highest BCUT2D eigenvalue weighted by molar-refractivity contribution is 8.76. The number of hydrogen-bond acceptors (Lipinski definition) is 27. The number of rotatable bonds is 43. The van der Waals surface area contributed by atoms with E-state index in [4.69, 9.17) is 34.2 Å². The number of aliphatic hydroxyl groups excluding tert-OH is 1. The van der Waals surface area contributed by atoms with Crippen LogP contribution in [0.5, 0.6) is 0 Å². The molecule has 36 nitrogen and oxygen atoms in total. The van der Waals surface area contributed by atoms with Crippen molar-refractivity contribution in [2.24, 2.45) is 0 Å². The third kappa shape index (κ3) is 26.7. The quantitative estimate of drug-likeness (QED) is 0.00733. The lowest BCUT2D eigenvalue weighted by Gasteiger charge is -2.25. The molecule has 108 heavy (non-hydrogen) atoms. The van der Waals surface area contributed by atoms with Crippen molar-refractivity contribution >= 4 is 138 Å². The first-order chi connectivity index (χ1) is 50.8. The van der Waals surface area contributed by atoms with Crippen LogP contribution in [0.4, 0.5) is 17.2 Å². The van der Waals surface area contributed by atoms with E-state index in [1.54, 1.807) is 12.1 Å². The summed E-state index contributed by atoms with van der Waals surface area (Å²) in [5.74, 6) is -2.58. The number of nitrogens with two attached hydrogens (primary N) is 1. The maximum absolute atomic E-state index is 13.8. The molecule has 15 N–H and O–H groups in total. The number of carboxylic acid groups (broad SMARTS) is 3. The monoisotopic (exact) mass is 1640 g/mol. The van der Waals surface area contributed by atoms with Crippen molar-refractivity contribution in [1.29, 1.82) is 0 Å². The van der Waals surface area contributed by atoms with Gasteiger partial charge < -0.3 is 86.1 Å². The SMILES string of the molecule is CCN1\C(=C/C=C/C=C/C2=[N+](CCCCCC(=O)NC(CSSCCC(=O)NCC#Cc3cn([C@H]4CC(O)[C@@H](COPOP(O)OP(O)O)O4)c(=O)nc3N)C(=O)NCCCCCC(=O)NC(CC(=O)O)C(=O)NC(CC(=O)O)C(=O)O)c3ccc(S(=O)(=O)O)cc3C2(C)C)C(C)(C)c2cc(S(=O)(=O)[O-])ccc21. The predicted octanol–water partition coefficient (Wildman–Crippen LogP) is 3.47. The van der Waals surface area contributed by atoms with Crippen LogP contribution in [-0.4, -0.2) is 203 Å². The molecular weight excluding hydrogens is 1560 g/mol. The average molecular weight is 1650 g/mol. The largest absolute Gasteiger partial charge is 0.744 e. The lowest BCUT2D eigenvalue weighted by atomic mass is 9.81. The number of carbonyl (C=O) groups is 8. The Morgan fingerprint density at radius 2 is 1.48 bits per heavy atom. The van der Waals surface area contributed by atoms with Crippen molar-refractivity contribution in [3.05, 3.63) is 106 Å². The minimum absolute atomic E-state index is 0.00244. The Balaban J connectivity index is 1.05. The molecule has 0 radical (unpaired) electrons. The lowest BCUT2D eigenvalue weighted by Crippen LogP contribution is -2.52. The van der Waals surface area contributed by atoms with E-state index >= 15 is 0 Å². The summed E-state index contributed by atoms with van der Waals surface area (Å²) < 4.78 is 93.8. The highest BCUT2D eigenvalue weighted by Gasteiger charge is 2.45. The summed E-state index contributed by atoms with van der Waals surface area (Å²) in [6.45, 7) is 10.3. The van der Waals surface area contributed by atoms with Crippen LogP contribution in [0.2, 0.25) is 0 Å². The number of amides is 5. The molecule has 5 amide bonds. The van der Waals surface area contributed by atoms with Crippen LogP contribution >= 0.6 is 47.8 Å². The Kier molecular flexibility index (Phi) is 34.5. The van der Waals surface area contributed by atoms with Crippen LogP contribution in [0.3, 0.4) is 0 Å². The van der Waals surface area contributed by atoms with Crippen LogP contribution in [0.25, 0.3) is 0 Å². The van der Waals surface area contributed by atoms with Gasteiger partial charge >= 0.3 is 40.8 Å². The fourth-order valence-electron chi connectivity index (χ4n) is 11.7. The zero-order chi connectivity index (χ0) is 79.8. The third-order valence-electron chi connectivity index (χ3n) is 17.1. The summed E-state index contributed by atoms with van der Waals surface area (Å²) in [5, 5.41) is 50.7. The number of ether oxygens (including phenoxy) is 1. The molecular formula is C65H87N10O26P3S4. The second kappa shape index (κ2) is 41.6. The number of fused-ring (bicyclic) bond motifs is 2. The van der Waals surface area contributed by atoms with Crippen molar-refractivity contribution in [1.82, 2.24) is 36.1 Å². The number of likely N-dealkylation sites (N-methyl/N-ethyl adjacent to an activating group) is 1. The molecule has 1 aromatic heterocycles. The third-order valence-corrected chi connectivity index (χ3v) is 23.5. The number of hydrogen-bond donors (Lipinski definition) is 14. The second-order valence-corrected chi connectivity index (χ2v) is 33.8. The number of carbonyl (C=O) groups excluding carboxylic acids is 5. The van der Waals surface area contributed by atoms with E-state index in [1.165, 1.54) is 52.1 Å². The summed E-state index contributed by atoms with van der Waals surface area (Å²) in [5.41, 5.74) is 8.29. The van der Waals surface area contributed by atoms with E-state index in [2.05, 4.69) is 42.4 Å². The Morgan fingerprint density at radius 1 is 0.824 bits per heavy atom. The number of aromatic nitrogens is 2. The molecule has 3 aliphatic heterocycles. The zero-order valence-electron chi connectivity index (χ0n) is 59.1. The molecule has 0 saturated carbocycles. The number of aliphatic hydroxyl groups is 1. The average Bonchev–Trinajstić information content (AvgIpc) is 1.59. The van der Waals surface area contributed by atoms with E-state index in [9.17, 15) is 89.3 Å². The van der Waals surface area contributed by atoms with Crippen LogP contribution in [0.1, 0.15) is 135 Å². The summed E-state index contributed by atoms with van der Waals surface area (Å²) >= 11 is 0. The van der Waals surface area contributed by atoms with Crippen LogP contribution in [0, 0.1) is 11.8 Å². The van der Waals surface area contributed by atoms with Crippen molar-refractivity contribution in [2.45, 2.75) is 169 Å². The smallest absolute Gasteiger partial charge is 0.351 e. The normalized spacial score (nSPS) is 18.2. The summed E-state index contributed by atoms with van der Waals surface area (Å²) in [4.78, 5) is 145. The Hall–Kier alpha value is -7.38. The number of aliphatic carboxylic acids is 3. The van der Waals surface area contributed by atoms with Crippen LogP contribution in [-0.2, 0) is 87.3 Å². The van der Waals surface area contributed by atoms with Gasteiger partial charge in [0.2, 0.25) is 35.2 Å². The van der Waals surface area contributed by atoms with Crippen LogP contribution < -0.4 is 42.9 Å². The molecule has 1 fully saturated rings. The molecule has 4 heterocycles. The molecule has 592 valence electrons. The fourth-order valence-corrected chi connectivity index (χ4v) is 16.5. The van der Waals surface area contributed by atoms with Gasteiger partial charge in [0.15, 0.2) is 14.7 Å². The van der Waals surface area contributed by atoms with Gasteiger partial charge in [0.1, 0.15) is 52.9 Å². The number of benzene rings is 2. The van der Waals surface area contributed by atoms with Gasteiger partial charge in [0.05, 0.1) is 52.9 Å². The minimum atomic E-state index is -4.70. The fraction of sp³-hybridized carbons (Fsp3) is 0.492. The van der Waals surface area contributed by atoms with E-state index < -0.39 is 160 Å². The molecule has 0 aliphatic carbocycles. The Labute approximate surface area is 634 Å². The van der Waals surface area contributed by atoms with Gasteiger partial charge in [0, 0.05) is 97.4 Å². The van der Waals surface area contributed by atoms with Gasteiger partial charge in [-0.25, -0.2) is 22.3 Å². The van der Waals surface area contributed by atoms with Gasteiger partial charge in [0.25, 0.3) is 10.1 Å². The second-order valence-electron chi connectivity index (χ2n) is 25.5. The Morgan fingerprint density at radius 3 is 2.13 bits per heavy atom. The topological polar surface area (TPSA) is 554 Å². The summed E-state index contributed by atoms with van der Waals surface area (Å²) in [7, 11) is -13.2. The van der Waals surface area contributed by atoms with Gasteiger partial charge in [-0.1, -0.05) is 71.9 Å². The highest BCUT2D eigenvalue weighted by atomic mass is 33.1. The maximum atomic E-state index is 13.8. The lowest BCUT2D eigenvalue weighted by molar-refractivity contribution is -0.438. The van der Waals surface area contributed by atoms with Crippen LogP contribution in [0.15, 0.2) is 93.3 Å². The van der Waals surface area contributed by atoms with E-state index in [1.807, 2.05) is 79.8 Å². The number of nitrogens with one attached hydrogen (secondary N) is 5. The first-order valence-electron chi connectivity index (χ1n) is 33.5. The molecule has 3 aliphatic rings. The number of nitrogens with zero attached hydrogens (tertiary/aromatic N) is 4. The van der Waals surface area contributed by atoms with E-state index in [-0.39, 0.29) is 84.5 Å². The molecule has 3 aromatic rings. The van der Waals surface area contributed by atoms with Crippen molar-refractivity contribution in [3.63, 3.8) is 0 Å². The highest BCUT2D eigenvalue weighted by Crippen LogP contribution is 2.51. The Bertz CT molecular complexity index is 4290. The maximum Gasteiger partial charge on any atom is 0.351 e. The van der Waals surface area contributed by atoms with E-state index in [0.717, 1.165) is 21.7 Å². The van der Waals surface area contributed by atoms with Gasteiger partial charge in [-0.2, -0.15) is 18.0 Å². The van der Waals surface area contributed by atoms with Crippen molar-refractivity contribution < 1.29 is 122 Å². The molecule has 2 aromatic carbocycles. The number of allylic oxidation sites excluding steroid dienone is 6. The predicted molar refractivity (Wildman–Crippen MR) is 398 cm³/mol. The molecule has 0 bridgehead atoms. The number of carboxylic acids is 3. The summed E-state index contributed by atoms with van der Waals surface area (Å²) in [6, 6.07) is 4.01. The first-order valence-corrected chi connectivity index (χ1v) is 41.9. The van der Waals surface area contributed by atoms with Crippen molar-refractivity contribution in [3.8, 4) is 11.8 Å². The standard InChI is InChI=1S/C65H87N10O26P3S4/c1-6-73-47-24-22-40(107(92,93)94)31-42(47)64(2,3)51(73)18-10-7-11-19-52-65(4,5)43-32-41(108(95,96)97)23-25-48(43)74(52)29-15-9-13-21-55(79)70-46(60(84)68-27-14-8-12-20-54(78)69-44(33-57(80)81)61(85)71-45(62(86)87)34-58(82)83)38-106-105-30-26-53(77)67-28-16-17-39-36-75(63(88)72-59(39)66)56-35-49(76)50(99-56)37-98-102-100-104(91)101-103(89)90/h7,10-11,18-19,22-25,31-32,36,44-46,49-50,56,76,89-91,102H,6,8-9,12-15,20-21,26-30,33-35,37-38H2,1-5H3,(H11-,66,67,68,69,70,71,72,77,78,79,80,81,82,83,84,85,86,87,88,92,93,94,95,96,97)/t44?,45?,46?,49?,50-,56-,104?/m1/s1.